The number of benzene rings is 2. The van der Waals surface area contributed by atoms with Crippen LogP contribution in [0.25, 0.3) is 0 Å². The molecule has 1 aliphatic heterocycles. The van der Waals surface area contributed by atoms with Crippen molar-refractivity contribution < 1.29 is 19.4 Å². The van der Waals surface area contributed by atoms with Crippen molar-refractivity contribution in [1.29, 1.82) is 0 Å². The Bertz CT molecular complexity index is 725. The fraction of sp³-hybridized carbons (Fsp3) is 0.133. The molecule has 7 heteroatoms. The lowest BCUT2D eigenvalue weighted by molar-refractivity contribution is -0.115. The Kier molecular flexibility index (Phi) is 4.00. The van der Waals surface area contributed by atoms with E-state index in [2.05, 4.69) is 5.32 Å². The number of hydrogen-bond acceptors (Lipinski definition) is 4. The summed E-state index contributed by atoms with van der Waals surface area (Å²) in [5.41, 5.74) is 1.20. The van der Waals surface area contributed by atoms with Crippen LogP contribution in [0.2, 0.25) is 10.0 Å². The van der Waals surface area contributed by atoms with Crippen molar-refractivity contribution in [2.75, 3.05) is 12.1 Å². The number of ether oxygens (including phenoxy) is 2. The van der Waals surface area contributed by atoms with Gasteiger partial charge < -0.3 is 19.9 Å². The number of hydrogen-bond donors (Lipinski definition) is 2. The maximum atomic E-state index is 12.1. The predicted octanol–water partition coefficient (Wildman–Crippen LogP) is 3.61. The number of carbonyl (C=O) groups is 1. The van der Waals surface area contributed by atoms with E-state index < -0.39 is 0 Å². The summed E-state index contributed by atoms with van der Waals surface area (Å²) < 4.78 is 10.5. The van der Waals surface area contributed by atoms with Gasteiger partial charge in [-0.1, -0.05) is 29.3 Å². The number of amides is 1. The number of nitrogens with one attached hydrogen (secondary N) is 1. The van der Waals surface area contributed by atoms with Crippen LogP contribution in [0.15, 0.2) is 30.3 Å². The largest absolute Gasteiger partial charge is 0.505 e. The lowest BCUT2D eigenvalue weighted by atomic mass is 10.1. The quantitative estimate of drug-likeness (QED) is 0.838. The molecule has 1 aliphatic rings. The molecule has 0 atom stereocenters. The van der Waals surface area contributed by atoms with E-state index in [0.717, 1.165) is 5.56 Å². The molecule has 1 heterocycles. The van der Waals surface area contributed by atoms with E-state index in [0.29, 0.717) is 17.2 Å². The molecule has 2 aromatic carbocycles. The smallest absolute Gasteiger partial charge is 0.231 e. The van der Waals surface area contributed by atoms with Crippen molar-refractivity contribution in [3.8, 4) is 17.2 Å². The van der Waals surface area contributed by atoms with Crippen molar-refractivity contribution >= 4 is 34.8 Å². The molecular weight excluding hydrogens is 329 g/mol. The number of aromatic hydroxyl groups is 1. The Hall–Kier alpha value is -2.11. The number of fused-ring (bicyclic) bond motifs is 1. The summed E-state index contributed by atoms with van der Waals surface area (Å²) in [6.45, 7) is 0.190. The second kappa shape index (κ2) is 5.94. The molecule has 0 fully saturated rings. The van der Waals surface area contributed by atoms with Crippen LogP contribution >= 0.6 is 23.2 Å². The second-order valence-corrected chi connectivity index (χ2v) is 5.52. The van der Waals surface area contributed by atoms with Crippen molar-refractivity contribution in [3.05, 3.63) is 45.9 Å². The minimum absolute atomic E-state index is 0.0749. The Labute approximate surface area is 136 Å². The topological polar surface area (TPSA) is 67.8 Å². The molecule has 0 aliphatic carbocycles. The Morgan fingerprint density at radius 2 is 1.82 bits per heavy atom. The zero-order chi connectivity index (χ0) is 15.7. The minimum Gasteiger partial charge on any atom is -0.505 e. The van der Waals surface area contributed by atoms with Gasteiger partial charge in [0.25, 0.3) is 0 Å². The van der Waals surface area contributed by atoms with Gasteiger partial charge in [-0.2, -0.15) is 0 Å². The number of phenols is 1. The van der Waals surface area contributed by atoms with Gasteiger partial charge in [0.15, 0.2) is 17.2 Å². The molecule has 0 saturated carbocycles. The van der Waals surface area contributed by atoms with E-state index in [1.54, 1.807) is 18.2 Å². The molecule has 0 unspecified atom stereocenters. The van der Waals surface area contributed by atoms with Gasteiger partial charge in [-0.05, 0) is 29.8 Å². The van der Waals surface area contributed by atoms with Gasteiger partial charge in [0.1, 0.15) is 0 Å². The van der Waals surface area contributed by atoms with E-state index in [1.165, 1.54) is 12.1 Å². The standard InChI is InChI=1S/C15H11Cl2NO4/c16-10-5-9(6-11(17)15(10)20)18-14(19)4-8-1-2-12-13(3-8)22-7-21-12/h1-3,5-6,20H,4,7H2,(H,18,19). The lowest BCUT2D eigenvalue weighted by Crippen LogP contribution is -2.14. The normalized spacial score (nSPS) is 12.3. The zero-order valence-electron chi connectivity index (χ0n) is 11.2. The number of carbonyl (C=O) groups excluding carboxylic acids is 1. The fourth-order valence-electron chi connectivity index (χ4n) is 2.08. The maximum absolute atomic E-state index is 12.1. The Balaban J connectivity index is 1.70. The SMILES string of the molecule is O=C(Cc1ccc2c(c1)OCO2)Nc1cc(Cl)c(O)c(Cl)c1. The average Bonchev–Trinajstić information content (AvgIpc) is 2.92. The predicted molar refractivity (Wildman–Crippen MR) is 83.0 cm³/mol. The van der Waals surface area contributed by atoms with Gasteiger partial charge in [-0.15, -0.1) is 0 Å². The number of anilines is 1. The molecule has 0 aromatic heterocycles. The summed E-state index contributed by atoms with van der Waals surface area (Å²) in [5.74, 6) is 0.844. The maximum Gasteiger partial charge on any atom is 0.231 e. The van der Waals surface area contributed by atoms with E-state index >= 15 is 0 Å². The molecule has 0 radical (unpaired) electrons. The van der Waals surface area contributed by atoms with Gasteiger partial charge in [0, 0.05) is 5.69 Å². The van der Waals surface area contributed by atoms with Crippen LogP contribution in [0.1, 0.15) is 5.56 Å². The van der Waals surface area contributed by atoms with Crippen LogP contribution in [0.3, 0.4) is 0 Å². The molecule has 0 bridgehead atoms. The van der Waals surface area contributed by atoms with Crippen molar-refractivity contribution in [2.45, 2.75) is 6.42 Å². The van der Waals surface area contributed by atoms with Gasteiger partial charge in [-0.3, -0.25) is 4.79 Å². The minimum atomic E-state index is -0.239. The van der Waals surface area contributed by atoms with Gasteiger partial charge in [0.2, 0.25) is 12.7 Å². The highest BCUT2D eigenvalue weighted by molar-refractivity contribution is 6.37. The number of phenolic OH excluding ortho intramolecular Hbond substituents is 1. The Morgan fingerprint density at radius 3 is 2.55 bits per heavy atom. The first-order valence-corrected chi connectivity index (χ1v) is 7.15. The van der Waals surface area contributed by atoms with Crippen molar-refractivity contribution in [2.24, 2.45) is 0 Å². The van der Waals surface area contributed by atoms with E-state index in [9.17, 15) is 9.90 Å². The summed E-state index contributed by atoms with van der Waals surface area (Å²) >= 11 is 11.6. The fourth-order valence-corrected chi connectivity index (χ4v) is 2.57. The van der Waals surface area contributed by atoms with Crippen LogP contribution in [-0.2, 0) is 11.2 Å². The molecule has 2 N–H and O–H groups in total. The second-order valence-electron chi connectivity index (χ2n) is 4.70. The first-order valence-electron chi connectivity index (χ1n) is 6.39. The highest BCUT2D eigenvalue weighted by Crippen LogP contribution is 2.35. The van der Waals surface area contributed by atoms with Crippen LogP contribution in [0.4, 0.5) is 5.69 Å². The third-order valence-electron chi connectivity index (χ3n) is 3.10. The van der Waals surface area contributed by atoms with E-state index in [4.69, 9.17) is 32.7 Å². The van der Waals surface area contributed by atoms with Crippen LogP contribution in [0.5, 0.6) is 17.2 Å². The molecule has 0 spiro atoms. The van der Waals surface area contributed by atoms with Gasteiger partial charge in [0.05, 0.1) is 16.5 Å². The van der Waals surface area contributed by atoms with Gasteiger partial charge >= 0.3 is 0 Å². The first-order chi connectivity index (χ1) is 10.5. The number of rotatable bonds is 3. The van der Waals surface area contributed by atoms with Crippen molar-refractivity contribution in [1.82, 2.24) is 0 Å². The molecule has 1 amide bonds. The summed E-state index contributed by atoms with van der Waals surface area (Å²) in [5, 5.41) is 12.3. The highest BCUT2D eigenvalue weighted by atomic mass is 35.5. The molecule has 3 rings (SSSR count). The third-order valence-corrected chi connectivity index (χ3v) is 3.68. The average molecular weight is 340 g/mol. The van der Waals surface area contributed by atoms with Crippen molar-refractivity contribution in [3.63, 3.8) is 0 Å². The summed E-state index contributed by atoms with van der Waals surface area (Å²) in [7, 11) is 0. The summed E-state index contributed by atoms with van der Waals surface area (Å²) in [6, 6.07) is 8.18. The van der Waals surface area contributed by atoms with Crippen LogP contribution < -0.4 is 14.8 Å². The van der Waals surface area contributed by atoms with Crippen LogP contribution in [0, 0.1) is 0 Å². The lowest BCUT2D eigenvalue weighted by Gasteiger charge is -2.08. The number of halogens is 2. The molecule has 5 nitrogen and oxygen atoms in total. The van der Waals surface area contributed by atoms with Gasteiger partial charge in [-0.25, -0.2) is 0 Å². The third kappa shape index (κ3) is 3.05. The zero-order valence-corrected chi connectivity index (χ0v) is 12.7. The van der Waals surface area contributed by atoms with E-state index in [-0.39, 0.29) is 34.9 Å². The highest BCUT2D eigenvalue weighted by Gasteiger charge is 2.15. The summed E-state index contributed by atoms with van der Waals surface area (Å²) in [4.78, 5) is 12.1. The molecule has 0 saturated heterocycles. The molecule has 22 heavy (non-hydrogen) atoms. The van der Waals surface area contributed by atoms with E-state index in [1.807, 2.05) is 0 Å². The monoisotopic (exact) mass is 339 g/mol. The summed E-state index contributed by atoms with van der Waals surface area (Å²) in [6.07, 6.45) is 0.159. The molecule has 2 aromatic rings. The Morgan fingerprint density at radius 1 is 1.14 bits per heavy atom. The first kappa shape index (κ1) is 14.8. The molecular formula is C15H11Cl2NO4. The van der Waals surface area contributed by atoms with Crippen LogP contribution in [-0.4, -0.2) is 17.8 Å². The molecule has 114 valence electrons.